The average molecular weight is 446 g/mol. The van der Waals surface area contributed by atoms with Gasteiger partial charge in [-0.1, -0.05) is 29.8 Å². The van der Waals surface area contributed by atoms with E-state index in [4.69, 9.17) is 16.6 Å². The van der Waals surface area contributed by atoms with Gasteiger partial charge in [-0.15, -0.1) is 0 Å². The van der Waals surface area contributed by atoms with Crippen molar-refractivity contribution in [3.63, 3.8) is 0 Å². The molecule has 1 aliphatic rings. The molecule has 32 heavy (non-hydrogen) atoms. The summed E-state index contributed by atoms with van der Waals surface area (Å²) >= 11 is 5.91. The zero-order chi connectivity index (χ0) is 22.1. The van der Waals surface area contributed by atoms with Crippen LogP contribution in [0.3, 0.4) is 0 Å². The monoisotopic (exact) mass is 445 g/mol. The van der Waals surface area contributed by atoms with Gasteiger partial charge in [-0.25, -0.2) is 9.97 Å². The number of hydrogen-bond acceptors (Lipinski definition) is 5. The standard InChI is InChI=1S/C24H20ClN5O2/c25-18-8-5-17(6-9-18)22-26-15-19(23(31)28-22)24(32)30-13-11-29(12-14-30)21-10-7-16-3-1-2-4-20(16)27-21/h1-10,15H,11-14H2,(H,26,28,31). The number of aromatic amines is 1. The SMILES string of the molecule is O=C(c1cnc(-c2ccc(Cl)cc2)[nH]c1=O)N1CCN(c2ccc3ccccc3n2)CC1. The van der Waals surface area contributed by atoms with Gasteiger partial charge in [-0.2, -0.15) is 0 Å². The summed E-state index contributed by atoms with van der Waals surface area (Å²) in [7, 11) is 0. The molecule has 8 heteroatoms. The van der Waals surface area contributed by atoms with E-state index in [2.05, 4.69) is 20.9 Å². The summed E-state index contributed by atoms with van der Waals surface area (Å²) < 4.78 is 0. The molecule has 1 N–H and O–H groups in total. The Morgan fingerprint density at radius 3 is 2.44 bits per heavy atom. The van der Waals surface area contributed by atoms with Crippen LogP contribution in [-0.2, 0) is 0 Å². The van der Waals surface area contributed by atoms with Crippen LogP contribution in [0.5, 0.6) is 0 Å². The lowest BCUT2D eigenvalue weighted by atomic mass is 10.2. The van der Waals surface area contributed by atoms with E-state index < -0.39 is 5.56 Å². The van der Waals surface area contributed by atoms with E-state index >= 15 is 0 Å². The molecular formula is C24H20ClN5O2. The Labute approximate surface area is 189 Å². The molecule has 0 radical (unpaired) electrons. The summed E-state index contributed by atoms with van der Waals surface area (Å²) in [6.07, 6.45) is 1.35. The Morgan fingerprint density at radius 2 is 1.69 bits per heavy atom. The quantitative estimate of drug-likeness (QED) is 0.521. The van der Waals surface area contributed by atoms with Crippen LogP contribution in [0.25, 0.3) is 22.3 Å². The molecule has 2 aromatic carbocycles. The van der Waals surface area contributed by atoms with Crippen molar-refractivity contribution in [2.75, 3.05) is 31.1 Å². The highest BCUT2D eigenvalue weighted by atomic mass is 35.5. The highest BCUT2D eigenvalue weighted by molar-refractivity contribution is 6.30. The lowest BCUT2D eigenvalue weighted by molar-refractivity contribution is 0.0744. The van der Waals surface area contributed by atoms with Crippen molar-refractivity contribution in [2.24, 2.45) is 0 Å². The topological polar surface area (TPSA) is 82.2 Å². The van der Waals surface area contributed by atoms with Crippen molar-refractivity contribution in [2.45, 2.75) is 0 Å². The number of nitrogens with one attached hydrogen (secondary N) is 1. The van der Waals surface area contributed by atoms with Crippen LogP contribution in [0.15, 0.2) is 71.7 Å². The predicted octanol–water partition coefficient (Wildman–Crippen LogP) is 3.60. The molecule has 0 atom stereocenters. The molecule has 1 saturated heterocycles. The molecule has 2 aromatic heterocycles. The highest BCUT2D eigenvalue weighted by Crippen LogP contribution is 2.20. The van der Waals surface area contributed by atoms with Crippen LogP contribution in [0.2, 0.25) is 5.02 Å². The first-order chi connectivity index (χ1) is 15.6. The maximum atomic E-state index is 12.9. The fraction of sp³-hybridized carbons (Fsp3) is 0.167. The van der Waals surface area contributed by atoms with Crippen molar-refractivity contribution in [3.8, 4) is 11.4 Å². The minimum absolute atomic E-state index is 0.0417. The summed E-state index contributed by atoms with van der Waals surface area (Å²) in [6.45, 7) is 2.30. The largest absolute Gasteiger partial charge is 0.353 e. The van der Waals surface area contributed by atoms with Gasteiger partial charge in [0.15, 0.2) is 0 Å². The van der Waals surface area contributed by atoms with Gasteiger partial charge in [0.2, 0.25) is 0 Å². The summed E-state index contributed by atoms with van der Waals surface area (Å²) in [6, 6.07) is 19.0. The number of amides is 1. The molecule has 0 spiro atoms. The molecule has 0 unspecified atom stereocenters. The van der Waals surface area contributed by atoms with Crippen molar-refractivity contribution in [1.82, 2.24) is 19.9 Å². The normalized spacial score (nSPS) is 14.0. The third-order valence-corrected chi connectivity index (χ3v) is 5.87. The number of piperazine rings is 1. The lowest BCUT2D eigenvalue weighted by Crippen LogP contribution is -2.49. The molecule has 7 nitrogen and oxygen atoms in total. The number of nitrogens with zero attached hydrogens (tertiary/aromatic N) is 4. The molecule has 160 valence electrons. The molecule has 1 amide bonds. The first-order valence-corrected chi connectivity index (χ1v) is 10.7. The number of hydrogen-bond donors (Lipinski definition) is 1. The van der Waals surface area contributed by atoms with Gasteiger partial charge in [0.05, 0.1) is 5.52 Å². The zero-order valence-corrected chi connectivity index (χ0v) is 17.9. The Bertz CT molecular complexity index is 1340. The molecule has 0 saturated carbocycles. The van der Waals surface area contributed by atoms with Crippen LogP contribution < -0.4 is 10.5 Å². The third-order valence-electron chi connectivity index (χ3n) is 5.62. The summed E-state index contributed by atoms with van der Waals surface area (Å²) in [5, 5.41) is 1.69. The average Bonchev–Trinajstić information content (AvgIpc) is 2.84. The number of benzene rings is 2. The van der Waals surface area contributed by atoms with Crippen molar-refractivity contribution < 1.29 is 4.79 Å². The number of aromatic nitrogens is 3. The van der Waals surface area contributed by atoms with Crippen molar-refractivity contribution in [1.29, 1.82) is 0 Å². The molecule has 5 rings (SSSR count). The number of fused-ring (bicyclic) bond motifs is 1. The second-order valence-electron chi connectivity index (χ2n) is 7.62. The van der Waals surface area contributed by atoms with Gasteiger partial charge < -0.3 is 14.8 Å². The first kappa shape index (κ1) is 20.2. The molecule has 0 aliphatic carbocycles. The number of para-hydroxylation sites is 1. The number of anilines is 1. The van der Waals surface area contributed by atoms with E-state index in [1.165, 1.54) is 6.20 Å². The number of carbonyl (C=O) groups excluding carboxylic acids is 1. The molecule has 1 fully saturated rings. The van der Waals surface area contributed by atoms with Gasteiger partial charge >= 0.3 is 0 Å². The predicted molar refractivity (Wildman–Crippen MR) is 125 cm³/mol. The minimum atomic E-state index is -0.450. The van der Waals surface area contributed by atoms with Crippen LogP contribution >= 0.6 is 11.6 Å². The highest BCUT2D eigenvalue weighted by Gasteiger charge is 2.25. The van der Waals surface area contributed by atoms with Crippen LogP contribution in [0, 0.1) is 0 Å². The maximum absolute atomic E-state index is 12.9. The summed E-state index contributed by atoms with van der Waals surface area (Å²) in [5.74, 6) is 0.977. The molecule has 3 heterocycles. The number of carbonyl (C=O) groups is 1. The molecular weight excluding hydrogens is 426 g/mol. The van der Waals surface area contributed by atoms with Crippen LogP contribution in [0.1, 0.15) is 10.4 Å². The van der Waals surface area contributed by atoms with Crippen molar-refractivity contribution >= 4 is 34.2 Å². The fourth-order valence-corrected chi connectivity index (χ4v) is 3.97. The number of pyridine rings is 1. The number of H-pyrrole nitrogens is 1. The molecule has 4 aromatic rings. The Balaban J connectivity index is 1.28. The molecule has 1 aliphatic heterocycles. The Morgan fingerprint density at radius 1 is 0.938 bits per heavy atom. The first-order valence-electron chi connectivity index (χ1n) is 10.3. The second kappa shape index (κ2) is 8.43. The van der Waals surface area contributed by atoms with Gasteiger partial charge in [0, 0.05) is 48.3 Å². The fourth-order valence-electron chi connectivity index (χ4n) is 3.84. The minimum Gasteiger partial charge on any atom is -0.353 e. The second-order valence-corrected chi connectivity index (χ2v) is 8.06. The lowest BCUT2D eigenvalue weighted by Gasteiger charge is -2.35. The van der Waals surface area contributed by atoms with Crippen LogP contribution in [-0.4, -0.2) is 51.9 Å². The van der Waals surface area contributed by atoms with E-state index in [1.54, 1.807) is 29.2 Å². The number of halogens is 1. The van der Waals surface area contributed by atoms with E-state index in [-0.39, 0.29) is 11.5 Å². The summed E-state index contributed by atoms with van der Waals surface area (Å²) in [5.41, 5.74) is 1.26. The van der Waals surface area contributed by atoms with E-state index in [0.717, 1.165) is 22.3 Å². The van der Waals surface area contributed by atoms with Crippen LogP contribution in [0.4, 0.5) is 5.82 Å². The third kappa shape index (κ3) is 3.94. The maximum Gasteiger partial charge on any atom is 0.264 e. The smallest absolute Gasteiger partial charge is 0.264 e. The number of rotatable bonds is 3. The van der Waals surface area contributed by atoms with Gasteiger partial charge in [0.1, 0.15) is 17.2 Å². The zero-order valence-electron chi connectivity index (χ0n) is 17.2. The van der Waals surface area contributed by atoms with E-state index in [9.17, 15) is 9.59 Å². The Hall–Kier alpha value is -3.71. The van der Waals surface area contributed by atoms with E-state index in [0.29, 0.717) is 37.0 Å². The van der Waals surface area contributed by atoms with Gasteiger partial charge in [-0.05, 0) is 42.5 Å². The molecule has 0 bridgehead atoms. The van der Waals surface area contributed by atoms with E-state index in [1.807, 2.05) is 30.3 Å². The van der Waals surface area contributed by atoms with Gasteiger partial charge in [-0.3, -0.25) is 9.59 Å². The van der Waals surface area contributed by atoms with Crippen molar-refractivity contribution in [3.05, 3.63) is 87.8 Å². The Kier molecular flexibility index (Phi) is 5.33. The van der Waals surface area contributed by atoms with Gasteiger partial charge in [0.25, 0.3) is 11.5 Å². The summed E-state index contributed by atoms with van der Waals surface area (Å²) in [4.78, 5) is 41.1.